The van der Waals surface area contributed by atoms with Crippen LogP contribution in [0.1, 0.15) is 34.6 Å². The van der Waals surface area contributed by atoms with Crippen molar-refractivity contribution in [3.05, 3.63) is 11.1 Å². The van der Waals surface area contributed by atoms with E-state index in [0.29, 0.717) is 0 Å². The molecule has 1 unspecified atom stereocenters. The lowest BCUT2D eigenvalue weighted by molar-refractivity contribution is -0.145. The van der Waals surface area contributed by atoms with E-state index in [-0.39, 0.29) is 12.0 Å². The van der Waals surface area contributed by atoms with Gasteiger partial charge >= 0.3 is 5.97 Å². The van der Waals surface area contributed by atoms with Gasteiger partial charge in [-0.05, 0) is 39.4 Å². The zero-order valence-corrected chi connectivity index (χ0v) is 10.8. The van der Waals surface area contributed by atoms with E-state index in [1.54, 1.807) is 0 Å². The van der Waals surface area contributed by atoms with Gasteiger partial charge in [0.25, 0.3) is 0 Å². The Kier molecular flexibility index (Phi) is 6.25. The van der Waals surface area contributed by atoms with Crippen molar-refractivity contribution in [2.24, 2.45) is 0 Å². The predicted molar refractivity (Wildman–Crippen MR) is 62.8 cm³/mol. The molecule has 0 aromatic carbocycles. The number of carbonyl (C=O) groups is 1. The zero-order valence-electron chi connectivity index (χ0n) is 10.8. The van der Waals surface area contributed by atoms with Crippen molar-refractivity contribution >= 4 is 5.97 Å². The van der Waals surface area contributed by atoms with Gasteiger partial charge in [0.05, 0.1) is 7.11 Å². The number of methoxy groups -OCH3 is 1. The summed E-state index contributed by atoms with van der Waals surface area (Å²) >= 11 is 0. The minimum atomic E-state index is -0.227. The van der Waals surface area contributed by atoms with Gasteiger partial charge < -0.3 is 4.74 Å². The van der Waals surface area contributed by atoms with Crippen molar-refractivity contribution in [3.63, 3.8) is 0 Å². The highest BCUT2D eigenvalue weighted by Gasteiger charge is 2.26. The number of allylic oxidation sites excluding steroid dienone is 1. The van der Waals surface area contributed by atoms with E-state index in [1.165, 1.54) is 12.7 Å². The summed E-state index contributed by atoms with van der Waals surface area (Å²) in [7, 11) is 1.44. The molecule has 88 valence electrons. The average Bonchev–Trinajstić information content (AvgIpc) is 2.23. The summed E-state index contributed by atoms with van der Waals surface area (Å²) in [5.74, 6) is -0.169. The molecule has 0 radical (unpaired) electrons. The lowest BCUT2D eigenvalue weighted by Gasteiger charge is -2.28. The zero-order chi connectivity index (χ0) is 12.0. The summed E-state index contributed by atoms with van der Waals surface area (Å²) < 4.78 is 4.85. The van der Waals surface area contributed by atoms with Crippen LogP contribution < -0.4 is 0 Å². The highest BCUT2D eigenvalue weighted by atomic mass is 16.5. The third-order valence-corrected chi connectivity index (χ3v) is 2.80. The van der Waals surface area contributed by atoms with Gasteiger partial charge in [-0.25, -0.2) is 0 Å². The number of hydrogen-bond donors (Lipinski definition) is 0. The van der Waals surface area contributed by atoms with E-state index in [2.05, 4.69) is 18.7 Å². The number of rotatable bonds is 5. The van der Waals surface area contributed by atoms with Crippen LogP contribution in [0.2, 0.25) is 0 Å². The predicted octanol–water partition coefficient (Wildman–Crippen LogP) is 2.23. The Morgan fingerprint density at radius 1 is 1.20 bits per heavy atom. The van der Waals surface area contributed by atoms with Gasteiger partial charge in [-0.3, -0.25) is 9.69 Å². The van der Waals surface area contributed by atoms with Crippen LogP contribution in [0.15, 0.2) is 11.1 Å². The molecule has 0 bridgehead atoms. The molecule has 0 N–H and O–H groups in total. The molecule has 0 rings (SSSR count). The summed E-state index contributed by atoms with van der Waals surface area (Å²) in [6.07, 6.45) is 0. The quantitative estimate of drug-likeness (QED) is 0.518. The van der Waals surface area contributed by atoms with Crippen molar-refractivity contribution < 1.29 is 9.53 Å². The first-order chi connectivity index (χ1) is 6.99. The molecule has 0 aliphatic heterocycles. The number of nitrogens with zero attached hydrogens (tertiary/aromatic N) is 1. The maximum Gasteiger partial charge on any atom is 0.327 e. The minimum Gasteiger partial charge on any atom is -0.468 e. The smallest absolute Gasteiger partial charge is 0.327 e. The first-order valence-electron chi connectivity index (χ1n) is 5.45. The third kappa shape index (κ3) is 3.67. The normalized spacial score (nSPS) is 12.5. The Morgan fingerprint density at radius 3 is 1.93 bits per heavy atom. The molecule has 0 heterocycles. The van der Waals surface area contributed by atoms with Crippen LogP contribution in [0, 0.1) is 0 Å². The Bertz CT molecular complexity index is 238. The molecule has 0 fully saturated rings. The van der Waals surface area contributed by atoms with Crippen LogP contribution >= 0.6 is 0 Å². The number of esters is 1. The van der Waals surface area contributed by atoms with Gasteiger partial charge in [-0.2, -0.15) is 0 Å². The second-order valence-electron chi connectivity index (χ2n) is 3.83. The Hall–Kier alpha value is -0.830. The van der Waals surface area contributed by atoms with E-state index in [0.717, 1.165) is 18.7 Å². The van der Waals surface area contributed by atoms with Crippen molar-refractivity contribution in [1.82, 2.24) is 4.90 Å². The Balaban J connectivity index is 5.05. The summed E-state index contributed by atoms with van der Waals surface area (Å²) in [6.45, 7) is 11.8. The van der Waals surface area contributed by atoms with Crippen LogP contribution in [0.25, 0.3) is 0 Å². The maximum atomic E-state index is 11.7. The standard InChI is InChI=1S/C12H23NO2/c1-7-13(8-2)11(12(14)15-6)10(5)9(3)4/h11H,7-8H2,1-6H3. The Labute approximate surface area is 93.1 Å². The molecule has 0 aliphatic carbocycles. The van der Waals surface area contributed by atoms with E-state index in [9.17, 15) is 4.79 Å². The summed E-state index contributed by atoms with van der Waals surface area (Å²) in [5, 5.41) is 0. The van der Waals surface area contributed by atoms with Crippen LogP contribution in [0.4, 0.5) is 0 Å². The van der Waals surface area contributed by atoms with Gasteiger partial charge in [0.1, 0.15) is 6.04 Å². The average molecular weight is 213 g/mol. The van der Waals surface area contributed by atoms with E-state index in [4.69, 9.17) is 4.74 Å². The molecule has 15 heavy (non-hydrogen) atoms. The molecular formula is C12H23NO2. The molecule has 3 nitrogen and oxygen atoms in total. The van der Waals surface area contributed by atoms with Gasteiger partial charge in [0.2, 0.25) is 0 Å². The van der Waals surface area contributed by atoms with Crippen LogP contribution in [-0.2, 0) is 9.53 Å². The number of carbonyl (C=O) groups excluding carboxylic acids is 1. The lowest BCUT2D eigenvalue weighted by Crippen LogP contribution is -2.42. The van der Waals surface area contributed by atoms with Gasteiger partial charge in [0, 0.05) is 0 Å². The van der Waals surface area contributed by atoms with Crippen molar-refractivity contribution in [2.45, 2.75) is 40.7 Å². The molecule has 0 saturated carbocycles. The fourth-order valence-electron chi connectivity index (χ4n) is 1.57. The summed E-state index contributed by atoms with van der Waals surface area (Å²) in [4.78, 5) is 13.8. The molecule has 0 saturated heterocycles. The molecule has 1 atom stereocenters. The molecule has 0 aromatic rings. The number of hydrogen-bond acceptors (Lipinski definition) is 3. The third-order valence-electron chi connectivity index (χ3n) is 2.80. The van der Waals surface area contributed by atoms with E-state index in [1.807, 2.05) is 20.8 Å². The highest BCUT2D eigenvalue weighted by molar-refractivity contribution is 5.79. The SMILES string of the molecule is CCN(CC)C(C(=O)OC)C(C)=C(C)C. The first kappa shape index (κ1) is 14.2. The lowest BCUT2D eigenvalue weighted by atomic mass is 10.0. The summed E-state index contributed by atoms with van der Waals surface area (Å²) in [5.41, 5.74) is 2.27. The van der Waals surface area contributed by atoms with Crippen molar-refractivity contribution in [2.75, 3.05) is 20.2 Å². The number of likely N-dealkylation sites (N-methyl/N-ethyl adjacent to an activating group) is 1. The molecule has 0 spiro atoms. The van der Waals surface area contributed by atoms with Gasteiger partial charge in [-0.15, -0.1) is 0 Å². The Morgan fingerprint density at radius 2 is 1.67 bits per heavy atom. The van der Waals surface area contributed by atoms with Crippen molar-refractivity contribution in [3.8, 4) is 0 Å². The van der Waals surface area contributed by atoms with Gasteiger partial charge in [-0.1, -0.05) is 19.4 Å². The first-order valence-corrected chi connectivity index (χ1v) is 5.45. The molecule has 0 amide bonds. The minimum absolute atomic E-state index is 0.169. The largest absolute Gasteiger partial charge is 0.468 e. The van der Waals surface area contributed by atoms with Crippen LogP contribution in [0.3, 0.4) is 0 Å². The highest BCUT2D eigenvalue weighted by Crippen LogP contribution is 2.15. The second kappa shape index (κ2) is 6.62. The van der Waals surface area contributed by atoms with Gasteiger partial charge in [0.15, 0.2) is 0 Å². The van der Waals surface area contributed by atoms with Crippen LogP contribution in [-0.4, -0.2) is 37.1 Å². The molecule has 0 aromatic heterocycles. The van der Waals surface area contributed by atoms with Crippen molar-refractivity contribution in [1.29, 1.82) is 0 Å². The summed E-state index contributed by atoms with van der Waals surface area (Å²) in [6, 6.07) is -0.227. The van der Waals surface area contributed by atoms with E-state index < -0.39 is 0 Å². The number of ether oxygens (including phenoxy) is 1. The molecule has 0 aliphatic rings. The van der Waals surface area contributed by atoms with E-state index >= 15 is 0 Å². The topological polar surface area (TPSA) is 29.5 Å². The fraction of sp³-hybridized carbons (Fsp3) is 0.750. The molecule has 3 heteroatoms. The second-order valence-corrected chi connectivity index (χ2v) is 3.83. The maximum absolute atomic E-state index is 11.7. The van der Waals surface area contributed by atoms with Crippen LogP contribution in [0.5, 0.6) is 0 Å². The molecular weight excluding hydrogens is 190 g/mol. The monoisotopic (exact) mass is 213 g/mol. The fourth-order valence-corrected chi connectivity index (χ4v) is 1.57.